The van der Waals surface area contributed by atoms with E-state index in [1.54, 1.807) is 5.56 Å². The van der Waals surface area contributed by atoms with Crippen molar-refractivity contribution in [1.29, 1.82) is 0 Å². The summed E-state index contributed by atoms with van der Waals surface area (Å²) in [6, 6.07) is 2.34. The van der Waals surface area contributed by atoms with Gasteiger partial charge in [0.15, 0.2) is 0 Å². The number of fused-ring (bicyclic) bond motifs is 1. The molecule has 0 amide bonds. The van der Waals surface area contributed by atoms with E-state index < -0.39 is 0 Å². The molecule has 1 aliphatic carbocycles. The smallest absolute Gasteiger partial charge is 0.00855 e. The van der Waals surface area contributed by atoms with E-state index in [0.717, 1.165) is 5.92 Å². The molecule has 102 valence electrons. The van der Waals surface area contributed by atoms with Gasteiger partial charge >= 0.3 is 0 Å². The van der Waals surface area contributed by atoms with Gasteiger partial charge in [-0.1, -0.05) is 57.1 Å². The number of rotatable bonds is 4. The first-order valence-electron chi connectivity index (χ1n) is 7.49. The molecular formula is C19H26. The number of allylic oxidation sites excluding steroid dienone is 1. The van der Waals surface area contributed by atoms with Gasteiger partial charge in [-0.2, -0.15) is 0 Å². The van der Waals surface area contributed by atoms with E-state index in [-0.39, 0.29) is 0 Å². The standard InChI is InChI=1S/C19H26/c1-7-15(8-2)18-13(5)11-16-10-12(4)17(9-3)14(6)19(16)18/h9-11,15,18H,3,7-8H2,1-2,4-6H3. The van der Waals surface area contributed by atoms with E-state index in [2.05, 4.69) is 53.3 Å². The molecule has 0 bridgehead atoms. The Morgan fingerprint density at radius 3 is 2.37 bits per heavy atom. The number of aryl methyl sites for hydroxylation is 1. The molecule has 1 unspecified atom stereocenters. The first kappa shape index (κ1) is 14.1. The minimum absolute atomic E-state index is 0.615. The summed E-state index contributed by atoms with van der Waals surface area (Å²) in [4.78, 5) is 0. The Kier molecular flexibility index (Phi) is 3.99. The van der Waals surface area contributed by atoms with Gasteiger partial charge in [0.05, 0.1) is 0 Å². The molecule has 0 N–H and O–H groups in total. The third-order valence-electron chi connectivity index (χ3n) is 4.82. The van der Waals surface area contributed by atoms with Crippen LogP contribution in [0, 0.1) is 19.8 Å². The molecule has 0 nitrogen and oxygen atoms in total. The van der Waals surface area contributed by atoms with Gasteiger partial charge < -0.3 is 0 Å². The zero-order chi connectivity index (χ0) is 14.2. The molecule has 0 saturated carbocycles. The van der Waals surface area contributed by atoms with Crippen LogP contribution in [0.4, 0.5) is 0 Å². The maximum absolute atomic E-state index is 3.99. The van der Waals surface area contributed by atoms with Crippen LogP contribution in [0.1, 0.15) is 67.3 Å². The molecule has 1 aliphatic rings. The second kappa shape index (κ2) is 5.36. The SMILES string of the molecule is C=Cc1c(C)cc2c(c1C)C(C(CC)CC)C(C)=C2. The van der Waals surface area contributed by atoms with Gasteiger partial charge in [0.25, 0.3) is 0 Å². The first-order valence-corrected chi connectivity index (χ1v) is 7.49. The maximum atomic E-state index is 3.99. The summed E-state index contributed by atoms with van der Waals surface area (Å²) in [5.41, 5.74) is 8.66. The monoisotopic (exact) mass is 254 g/mol. The zero-order valence-corrected chi connectivity index (χ0v) is 13.0. The fourth-order valence-corrected chi connectivity index (χ4v) is 3.82. The van der Waals surface area contributed by atoms with Crippen LogP contribution in [-0.4, -0.2) is 0 Å². The van der Waals surface area contributed by atoms with Crippen molar-refractivity contribution in [2.24, 2.45) is 5.92 Å². The van der Waals surface area contributed by atoms with Gasteiger partial charge in [0, 0.05) is 5.92 Å². The summed E-state index contributed by atoms with van der Waals surface area (Å²) < 4.78 is 0. The van der Waals surface area contributed by atoms with Gasteiger partial charge in [0.1, 0.15) is 0 Å². The molecule has 2 rings (SSSR count). The summed E-state index contributed by atoms with van der Waals surface area (Å²) >= 11 is 0. The molecule has 0 heteroatoms. The molecule has 19 heavy (non-hydrogen) atoms. The van der Waals surface area contributed by atoms with Crippen LogP contribution < -0.4 is 0 Å². The molecule has 0 fully saturated rings. The highest BCUT2D eigenvalue weighted by atomic mass is 14.3. The molecule has 0 spiro atoms. The Balaban J connectivity index is 2.62. The second-order valence-electron chi connectivity index (χ2n) is 5.88. The van der Waals surface area contributed by atoms with Crippen molar-refractivity contribution >= 4 is 12.2 Å². The second-order valence-corrected chi connectivity index (χ2v) is 5.88. The topological polar surface area (TPSA) is 0 Å². The predicted molar refractivity (Wildman–Crippen MR) is 86.5 cm³/mol. The van der Waals surface area contributed by atoms with Gasteiger partial charge in [0.2, 0.25) is 0 Å². The highest BCUT2D eigenvalue weighted by Gasteiger charge is 2.30. The predicted octanol–water partition coefficient (Wildman–Crippen LogP) is 5.88. The Morgan fingerprint density at radius 1 is 1.21 bits per heavy atom. The zero-order valence-electron chi connectivity index (χ0n) is 13.0. The first-order chi connectivity index (χ1) is 9.04. The van der Waals surface area contributed by atoms with Crippen LogP contribution in [-0.2, 0) is 0 Å². The van der Waals surface area contributed by atoms with Gasteiger partial charge in [-0.25, -0.2) is 0 Å². The third kappa shape index (κ3) is 2.18. The minimum atomic E-state index is 0.615. The average Bonchev–Trinajstić information content (AvgIpc) is 2.68. The van der Waals surface area contributed by atoms with Crippen LogP contribution in [0.25, 0.3) is 12.2 Å². The van der Waals surface area contributed by atoms with E-state index in [1.165, 1.54) is 40.7 Å². The summed E-state index contributed by atoms with van der Waals surface area (Å²) in [6.45, 7) is 15.4. The minimum Gasteiger partial charge on any atom is -0.0985 e. The molecule has 1 aromatic rings. The summed E-state index contributed by atoms with van der Waals surface area (Å²) in [5, 5.41) is 0. The van der Waals surface area contributed by atoms with E-state index in [4.69, 9.17) is 0 Å². The normalized spacial score (nSPS) is 17.6. The van der Waals surface area contributed by atoms with Crippen molar-refractivity contribution in [3.8, 4) is 0 Å². The largest absolute Gasteiger partial charge is 0.0985 e. The lowest BCUT2D eigenvalue weighted by molar-refractivity contribution is 0.436. The van der Waals surface area contributed by atoms with Crippen LogP contribution in [0.3, 0.4) is 0 Å². The van der Waals surface area contributed by atoms with Crippen LogP contribution in [0.15, 0.2) is 18.2 Å². The van der Waals surface area contributed by atoms with Crippen molar-refractivity contribution in [2.45, 2.75) is 53.4 Å². The lowest BCUT2D eigenvalue weighted by Gasteiger charge is -2.26. The Hall–Kier alpha value is -1.30. The average molecular weight is 254 g/mol. The van der Waals surface area contributed by atoms with E-state index in [1.807, 2.05) is 6.08 Å². The molecule has 1 aromatic carbocycles. The molecule has 1 atom stereocenters. The van der Waals surface area contributed by atoms with Crippen LogP contribution in [0.2, 0.25) is 0 Å². The molecule has 0 saturated heterocycles. The van der Waals surface area contributed by atoms with Crippen molar-refractivity contribution in [3.05, 3.63) is 46.0 Å². The van der Waals surface area contributed by atoms with Gasteiger partial charge in [-0.05, 0) is 54.5 Å². The number of benzene rings is 1. The Bertz CT molecular complexity index is 527. The van der Waals surface area contributed by atoms with Crippen molar-refractivity contribution in [3.63, 3.8) is 0 Å². The quantitative estimate of drug-likeness (QED) is 0.629. The van der Waals surface area contributed by atoms with Crippen molar-refractivity contribution in [1.82, 2.24) is 0 Å². The highest BCUT2D eigenvalue weighted by molar-refractivity contribution is 5.73. The molecule has 0 aromatic heterocycles. The molecule has 0 heterocycles. The van der Waals surface area contributed by atoms with Gasteiger partial charge in [-0.15, -0.1) is 0 Å². The van der Waals surface area contributed by atoms with E-state index >= 15 is 0 Å². The van der Waals surface area contributed by atoms with E-state index in [9.17, 15) is 0 Å². The number of hydrogen-bond acceptors (Lipinski definition) is 0. The lowest BCUT2D eigenvalue weighted by Crippen LogP contribution is -2.13. The fraction of sp³-hybridized carbons (Fsp3) is 0.474. The Morgan fingerprint density at radius 2 is 1.84 bits per heavy atom. The lowest BCUT2D eigenvalue weighted by atomic mass is 9.78. The molecular weight excluding hydrogens is 228 g/mol. The van der Waals surface area contributed by atoms with E-state index in [0.29, 0.717) is 5.92 Å². The van der Waals surface area contributed by atoms with Crippen molar-refractivity contribution in [2.75, 3.05) is 0 Å². The maximum Gasteiger partial charge on any atom is 0.00855 e. The van der Waals surface area contributed by atoms with Crippen LogP contribution >= 0.6 is 0 Å². The molecule has 0 aliphatic heterocycles. The summed E-state index contributed by atoms with van der Waals surface area (Å²) in [7, 11) is 0. The Labute approximate surface area is 118 Å². The summed E-state index contributed by atoms with van der Waals surface area (Å²) in [6.07, 6.45) is 6.92. The van der Waals surface area contributed by atoms with Crippen LogP contribution in [0.5, 0.6) is 0 Å². The number of hydrogen-bond donors (Lipinski definition) is 0. The highest BCUT2D eigenvalue weighted by Crippen LogP contribution is 2.46. The third-order valence-corrected chi connectivity index (χ3v) is 4.82. The molecule has 0 radical (unpaired) electrons. The van der Waals surface area contributed by atoms with Crippen molar-refractivity contribution < 1.29 is 0 Å². The van der Waals surface area contributed by atoms with Gasteiger partial charge in [-0.3, -0.25) is 0 Å². The fourth-order valence-electron chi connectivity index (χ4n) is 3.82. The summed E-state index contributed by atoms with van der Waals surface area (Å²) in [5.74, 6) is 1.38.